The number of carbonyl (C=O) groups is 1. The number of ether oxygens (including phenoxy) is 3. The lowest BCUT2D eigenvalue weighted by Gasteiger charge is -2.10. The maximum atomic E-state index is 12.4. The summed E-state index contributed by atoms with van der Waals surface area (Å²) in [5.74, 6) is 0.804. The van der Waals surface area contributed by atoms with Crippen LogP contribution in [0, 0.1) is 0 Å². The van der Waals surface area contributed by atoms with E-state index in [0.717, 1.165) is 5.56 Å². The second-order valence-electron chi connectivity index (χ2n) is 6.22. The Kier molecular flexibility index (Phi) is 7.28. The van der Waals surface area contributed by atoms with Gasteiger partial charge in [0, 0.05) is 18.2 Å². The minimum Gasteiger partial charge on any atom is -0.497 e. The molecule has 0 radical (unpaired) electrons. The third-order valence-electron chi connectivity index (χ3n) is 4.15. The SMILES string of the molecule is COc1cc(CNNC(=O)c2cncc(-c3ccc(OC(F)F)cc3)n2)cc(OC)c1. The van der Waals surface area contributed by atoms with Crippen LogP contribution in [0.1, 0.15) is 16.1 Å². The Balaban J connectivity index is 1.63. The van der Waals surface area contributed by atoms with Crippen LogP contribution < -0.4 is 25.1 Å². The smallest absolute Gasteiger partial charge is 0.387 e. The number of carbonyl (C=O) groups excluding carboxylic acids is 1. The summed E-state index contributed by atoms with van der Waals surface area (Å²) in [7, 11) is 3.11. The number of rotatable bonds is 9. The maximum absolute atomic E-state index is 12.4. The highest BCUT2D eigenvalue weighted by molar-refractivity contribution is 5.92. The highest BCUT2D eigenvalue weighted by Crippen LogP contribution is 2.23. The van der Waals surface area contributed by atoms with Gasteiger partial charge in [-0.3, -0.25) is 15.2 Å². The normalized spacial score (nSPS) is 10.6. The molecule has 2 N–H and O–H groups in total. The highest BCUT2D eigenvalue weighted by atomic mass is 19.3. The molecule has 0 fully saturated rings. The molecule has 0 aliphatic rings. The van der Waals surface area contributed by atoms with E-state index in [2.05, 4.69) is 25.6 Å². The molecule has 1 aromatic heterocycles. The van der Waals surface area contributed by atoms with Crippen molar-refractivity contribution in [2.45, 2.75) is 13.2 Å². The first kappa shape index (κ1) is 21.9. The molecule has 8 nitrogen and oxygen atoms in total. The molecule has 3 rings (SSSR count). The Morgan fingerprint density at radius 3 is 2.29 bits per heavy atom. The minimum absolute atomic E-state index is 0.0268. The summed E-state index contributed by atoms with van der Waals surface area (Å²) in [5.41, 5.74) is 7.31. The van der Waals surface area contributed by atoms with Crippen LogP contribution in [0.15, 0.2) is 54.9 Å². The molecule has 1 amide bonds. The molecule has 162 valence electrons. The van der Waals surface area contributed by atoms with Crippen LogP contribution in [0.25, 0.3) is 11.3 Å². The van der Waals surface area contributed by atoms with E-state index in [1.165, 1.54) is 24.5 Å². The van der Waals surface area contributed by atoms with Gasteiger partial charge >= 0.3 is 6.61 Å². The summed E-state index contributed by atoms with van der Waals surface area (Å²) in [4.78, 5) is 20.7. The number of hydrogen-bond donors (Lipinski definition) is 2. The molecule has 0 saturated heterocycles. The van der Waals surface area contributed by atoms with Gasteiger partial charge in [0.1, 0.15) is 22.9 Å². The quantitative estimate of drug-likeness (QED) is 0.504. The Morgan fingerprint density at radius 2 is 1.68 bits per heavy atom. The molecule has 1 heterocycles. The molecule has 3 aromatic rings. The molecule has 10 heteroatoms. The van der Waals surface area contributed by atoms with Crippen molar-refractivity contribution in [2.75, 3.05) is 14.2 Å². The van der Waals surface area contributed by atoms with Gasteiger partial charge in [0.15, 0.2) is 0 Å². The fourth-order valence-corrected chi connectivity index (χ4v) is 2.68. The van der Waals surface area contributed by atoms with Crippen molar-refractivity contribution in [3.63, 3.8) is 0 Å². The lowest BCUT2D eigenvalue weighted by Crippen LogP contribution is -2.37. The van der Waals surface area contributed by atoms with Crippen molar-refractivity contribution in [3.8, 4) is 28.5 Å². The van der Waals surface area contributed by atoms with Crippen molar-refractivity contribution in [1.82, 2.24) is 20.8 Å². The number of aromatic nitrogens is 2. The van der Waals surface area contributed by atoms with Crippen LogP contribution in [0.5, 0.6) is 17.2 Å². The molecule has 31 heavy (non-hydrogen) atoms. The monoisotopic (exact) mass is 430 g/mol. The molecule has 0 saturated carbocycles. The van der Waals surface area contributed by atoms with E-state index < -0.39 is 12.5 Å². The van der Waals surface area contributed by atoms with Gasteiger partial charge in [0.2, 0.25) is 0 Å². The van der Waals surface area contributed by atoms with E-state index in [1.807, 2.05) is 12.1 Å². The Bertz CT molecular complexity index is 1010. The van der Waals surface area contributed by atoms with Crippen LogP contribution in [0.3, 0.4) is 0 Å². The van der Waals surface area contributed by atoms with Crippen LogP contribution in [-0.2, 0) is 6.54 Å². The maximum Gasteiger partial charge on any atom is 0.387 e. The van der Waals surface area contributed by atoms with E-state index in [1.54, 1.807) is 32.4 Å². The Hall–Kier alpha value is -3.79. The summed E-state index contributed by atoms with van der Waals surface area (Å²) in [6.45, 7) is -2.58. The van der Waals surface area contributed by atoms with Crippen molar-refractivity contribution in [1.29, 1.82) is 0 Å². The van der Waals surface area contributed by atoms with Gasteiger partial charge in [0.05, 0.1) is 32.3 Å². The Labute approximate surface area is 177 Å². The zero-order chi connectivity index (χ0) is 22.2. The largest absolute Gasteiger partial charge is 0.497 e. The van der Waals surface area contributed by atoms with Gasteiger partial charge < -0.3 is 14.2 Å². The van der Waals surface area contributed by atoms with E-state index in [0.29, 0.717) is 29.3 Å². The molecule has 0 spiro atoms. The van der Waals surface area contributed by atoms with Gasteiger partial charge in [0.25, 0.3) is 5.91 Å². The number of amides is 1. The fraction of sp³-hybridized carbons (Fsp3) is 0.190. The van der Waals surface area contributed by atoms with Gasteiger partial charge in [-0.25, -0.2) is 10.4 Å². The van der Waals surface area contributed by atoms with E-state index >= 15 is 0 Å². The topological polar surface area (TPSA) is 94.6 Å². The predicted octanol–water partition coefficient (Wildman–Crippen LogP) is 3.20. The van der Waals surface area contributed by atoms with Gasteiger partial charge in [-0.2, -0.15) is 8.78 Å². The molecule has 2 aromatic carbocycles. The second kappa shape index (κ2) is 10.3. The van der Waals surface area contributed by atoms with Crippen LogP contribution in [0.4, 0.5) is 8.78 Å². The number of hydrogen-bond acceptors (Lipinski definition) is 7. The summed E-state index contributed by atoms with van der Waals surface area (Å²) in [6.07, 6.45) is 2.79. The van der Waals surface area contributed by atoms with Crippen molar-refractivity contribution in [3.05, 3.63) is 66.1 Å². The second-order valence-corrected chi connectivity index (χ2v) is 6.22. The molecule has 0 unspecified atom stereocenters. The van der Waals surface area contributed by atoms with Gasteiger partial charge in [-0.1, -0.05) is 0 Å². The first-order valence-corrected chi connectivity index (χ1v) is 9.11. The van der Waals surface area contributed by atoms with E-state index in [9.17, 15) is 13.6 Å². The number of nitrogens with zero attached hydrogens (tertiary/aromatic N) is 2. The molecule has 0 aliphatic carbocycles. The molecule has 0 bridgehead atoms. The number of nitrogens with one attached hydrogen (secondary N) is 2. The van der Waals surface area contributed by atoms with E-state index in [4.69, 9.17) is 9.47 Å². The predicted molar refractivity (Wildman–Crippen MR) is 108 cm³/mol. The van der Waals surface area contributed by atoms with Crippen LogP contribution in [-0.4, -0.2) is 36.7 Å². The van der Waals surface area contributed by atoms with Crippen LogP contribution in [0.2, 0.25) is 0 Å². The summed E-state index contributed by atoms with van der Waals surface area (Å²) in [6, 6.07) is 11.2. The minimum atomic E-state index is -2.90. The summed E-state index contributed by atoms with van der Waals surface area (Å²) in [5, 5.41) is 0. The average Bonchev–Trinajstić information content (AvgIpc) is 2.79. The third-order valence-corrected chi connectivity index (χ3v) is 4.15. The van der Waals surface area contributed by atoms with E-state index in [-0.39, 0.29) is 11.4 Å². The molecule has 0 aliphatic heterocycles. The third kappa shape index (κ3) is 6.09. The summed E-state index contributed by atoms with van der Waals surface area (Å²) >= 11 is 0. The number of halogens is 2. The van der Waals surface area contributed by atoms with Gasteiger partial charge in [-0.15, -0.1) is 0 Å². The zero-order valence-corrected chi connectivity index (χ0v) is 16.8. The first-order valence-electron chi connectivity index (χ1n) is 9.11. The van der Waals surface area contributed by atoms with Crippen molar-refractivity contribution in [2.24, 2.45) is 0 Å². The van der Waals surface area contributed by atoms with Crippen molar-refractivity contribution < 1.29 is 27.8 Å². The summed E-state index contributed by atoms with van der Waals surface area (Å²) < 4.78 is 39.3. The van der Waals surface area contributed by atoms with Crippen LogP contribution >= 0.6 is 0 Å². The average molecular weight is 430 g/mol. The fourth-order valence-electron chi connectivity index (χ4n) is 2.68. The first-order chi connectivity index (χ1) is 15.0. The standard InChI is InChI=1S/C21H20F2N4O4/c1-29-16-7-13(8-17(9-16)30-2)10-25-27-20(28)19-12-24-11-18(26-19)14-3-5-15(6-4-14)31-21(22)23/h3-9,11-12,21,25H,10H2,1-2H3,(H,27,28). The molecular weight excluding hydrogens is 410 g/mol. The van der Waals surface area contributed by atoms with Crippen molar-refractivity contribution >= 4 is 5.91 Å². The molecule has 0 atom stereocenters. The lowest BCUT2D eigenvalue weighted by atomic mass is 10.1. The number of methoxy groups -OCH3 is 2. The number of hydrazine groups is 1. The highest BCUT2D eigenvalue weighted by Gasteiger charge is 2.11. The Morgan fingerprint density at radius 1 is 1.00 bits per heavy atom. The van der Waals surface area contributed by atoms with Gasteiger partial charge in [-0.05, 0) is 42.0 Å². The number of benzene rings is 2. The molecular formula is C21H20F2N4O4. The lowest BCUT2D eigenvalue weighted by molar-refractivity contribution is -0.0498. The zero-order valence-electron chi connectivity index (χ0n) is 16.8. The number of alkyl halides is 2.